The summed E-state index contributed by atoms with van der Waals surface area (Å²) in [7, 11) is 0. The molecule has 102 valence electrons. The zero-order chi connectivity index (χ0) is 13.7. The average molecular weight is 257 g/mol. The Labute approximate surface area is 115 Å². The van der Waals surface area contributed by atoms with E-state index in [0.29, 0.717) is 17.3 Å². The molecular formula is C16H23N3. The molecule has 1 aliphatic rings. The summed E-state index contributed by atoms with van der Waals surface area (Å²) in [6.45, 7) is 2.23. The second-order valence-electron chi connectivity index (χ2n) is 5.47. The van der Waals surface area contributed by atoms with Crippen LogP contribution < -0.4 is 11.1 Å². The number of rotatable bonds is 4. The maximum Gasteiger partial charge on any atom is 0.0992 e. The van der Waals surface area contributed by atoms with E-state index in [2.05, 4.69) is 18.3 Å². The van der Waals surface area contributed by atoms with Gasteiger partial charge in [-0.2, -0.15) is 5.26 Å². The molecule has 2 rings (SSSR count). The van der Waals surface area contributed by atoms with Crippen LogP contribution in [0.15, 0.2) is 18.2 Å². The summed E-state index contributed by atoms with van der Waals surface area (Å²) < 4.78 is 0. The second-order valence-corrected chi connectivity index (χ2v) is 5.47. The molecule has 1 saturated carbocycles. The number of nitrogens with two attached hydrogens (primary N) is 1. The van der Waals surface area contributed by atoms with Crippen molar-refractivity contribution in [3.05, 3.63) is 23.8 Å². The molecule has 3 N–H and O–H groups in total. The highest BCUT2D eigenvalue weighted by Crippen LogP contribution is 2.31. The minimum Gasteiger partial charge on any atom is -0.397 e. The first-order chi connectivity index (χ1) is 9.24. The predicted molar refractivity (Wildman–Crippen MR) is 79.8 cm³/mol. The van der Waals surface area contributed by atoms with Gasteiger partial charge in [-0.25, -0.2) is 0 Å². The Morgan fingerprint density at radius 1 is 1.37 bits per heavy atom. The van der Waals surface area contributed by atoms with Crippen molar-refractivity contribution in [3.8, 4) is 6.07 Å². The largest absolute Gasteiger partial charge is 0.397 e. The first kappa shape index (κ1) is 13.7. The van der Waals surface area contributed by atoms with Crippen molar-refractivity contribution >= 4 is 11.4 Å². The SMILES string of the molecule is CCC(Nc1ccc(C#N)cc1N)C1CCCCC1. The number of benzene rings is 1. The second kappa shape index (κ2) is 6.47. The standard InChI is InChI=1S/C16H23N3/c1-2-15(13-6-4-3-5-7-13)19-16-9-8-12(11-17)10-14(16)18/h8-10,13,15,19H,2-7,18H2,1H3. The van der Waals surface area contributed by atoms with Gasteiger partial charge in [-0.3, -0.25) is 0 Å². The molecule has 0 spiro atoms. The van der Waals surface area contributed by atoms with Crippen LogP contribution in [0.4, 0.5) is 11.4 Å². The highest BCUT2D eigenvalue weighted by Gasteiger charge is 2.22. The molecule has 1 aromatic rings. The molecule has 0 saturated heterocycles. The van der Waals surface area contributed by atoms with E-state index in [4.69, 9.17) is 11.0 Å². The average Bonchev–Trinajstić information content (AvgIpc) is 2.47. The van der Waals surface area contributed by atoms with E-state index in [1.165, 1.54) is 32.1 Å². The molecule has 0 aliphatic heterocycles. The van der Waals surface area contributed by atoms with Gasteiger partial charge in [0.25, 0.3) is 0 Å². The fourth-order valence-corrected chi connectivity index (χ4v) is 3.05. The van der Waals surface area contributed by atoms with Crippen LogP contribution in [0.25, 0.3) is 0 Å². The van der Waals surface area contributed by atoms with Crippen molar-refractivity contribution in [1.82, 2.24) is 0 Å². The Hall–Kier alpha value is -1.69. The van der Waals surface area contributed by atoms with Crippen LogP contribution in [-0.4, -0.2) is 6.04 Å². The van der Waals surface area contributed by atoms with E-state index in [-0.39, 0.29) is 0 Å². The Balaban J connectivity index is 2.07. The molecule has 0 aromatic heterocycles. The van der Waals surface area contributed by atoms with Gasteiger partial charge >= 0.3 is 0 Å². The number of nitriles is 1. The summed E-state index contributed by atoms with van der Waals surface area (Å²) in [4.78, 5) is 0. The number of nitrogen functional groups attached to an aromatic ring is 1. The van der Waals surface area contributed by atoms with Crippen molar-refractivity contribution in [2.45, 2.75) is 51.5 Å². The Bertz CT molecular complexity index is 456. The van der Waals surface area contributed by atoms with Crippen LogP contribution >= 0.6 is 0 Å². The Morgan fingerprint density at radius 2 is 2.11 bits per heavy atom. The van der Waals surface area contributed by atoms with Gasteiger partial charge in [0.05, 0.1) is 23.0 Å². The van der Waals surface area contributed by atoms with Crippen LogP contribution in [0.3, 0.4) is 0 Å². The molecule has 1 atom stereocenters. The van der Waals surface area contributed by atoms with E-state index < -0.39 is 0 Å². The molecule has 3 nitrogen and oxygen atoms in total. The fourth-order valence-electron chi connectivity index (χ4n) is 3.05. The number of nitrogens with zero attached hydrogens (tertiary/aromatic N) is 1. The monoisotopic (exact) mass is 257 g/mol. The maximum absolute atomic E-state index is 8.86. The first-order valence-corrected chi connectivity index (χ1v) is 7.30. The molecular weight excluding hydrogens is 234 g/mol. The van der Waals surface area contributed by atoms with Gasteiger partial charge in [0, 0.05) is 6.04 Å². The van der Waals surface area contributed by atoms with Crippen LogP contribution in [0.1, 0.15) is 51.0 Å². The van der Waals surface area contributed by atoms with E-state index >= 15 is 0 Å². The molecule has 0 radical (unpaired) electrons. The topological polar surface area (TPSA) is 61.8 Å². The summed E-state index contributed by atoms with van der Waals surface area (Å²) in [6, 6.07) is 8.12. The minimum atomic E-state index is 0.496. The molecule has 1 fully saturated rings. The lowest BCUT2D eigenvalue weighted by Crippen LogP contribution is -2.30. The summed E-state index contributed by atoms with van der Waals surface area (Å²) in [5, 5.41) is 12.4. The van der Waals surface area contributed by atoms with E-state index in [0.717, 1.165) is 18.0 Å². The third-order valence-electron chi connectivity index (χ3n) is 4.18. The van der Waals surface area contributed by atoms with E-state index in [9.17, 15) is 0 Å². The van der Waals surface area contributed by atoms with Crippen LogP contribution in [0, 0.1) is 17.2 Å². The van der Waals surface area contributed by atoms with E-state index in [1.807, 2.05) is 12.1 Å². The summed E-state index contributed by atoms with van der Waals surface area (Å²) >= 11 is 0. The summed E-state index contributed by atoms with van der Waals surface area (Å²) in [5.74, 6) is 0.758. The first-order valence-electron chi connectivity index (χ1n) is 7.30. The van der Waals surface area contributed by atoms with Crippen LogP contribution in [-0.2, 0) is 0 Å². The van der Waals surface area contributed by atoms with Gasteiger partial charge in [0.2, 0.25) is 0 Å². The lowest BCUT2D eigenvalue weighted by Gasteiger charge is -2.31. The van der Waals surface area contributed by atoms with Crippen molar-refractivity contribution in [2.75, 3.05) is 11.1 Å². The summed E-state index contributed by atoms with van der Waals surface area (Å²) in [6.07, 6.45) is 7.84. The lowest BCUT2D eigenvalue weighted by molar-refractivity contribution is 0.313. The minimum absolute atomic E-state index is 0.496. The van der Waals surface area contributed by atoms with Crippen LogP contribution in [0.2, 0.25) is 0 Å². The van der Waals surface area contributed by atoms with Gasteiger partial charge in [0.15, 0.2) is 0 Å². The molecule has 0 heterocycles. The van der Waals surface area contributed by atoms with Crippen molar-refractivity contribution in [1.29, 1.82) is 5.26 Å². The smallest absolute Gasteiger partial charge is 0.0992 e. The van der Waals surface area contributed by atoms with Crippen molar-refractivity contribution in [2.24, 2.45) is 5.92 Å². The van der Waals surface area contributed by atoms with Gasteiger partial charge < -0.3 is 11.1 Å². The molecule has 1 aliphatic carbocycles. The van der Waals surface area contributed by atoms with Crippen molar-refractivity contribution in [3.63, 3.8) is 0 Å². The van der Waals surface area contributed by atoms with E-state index in [1.54, 1.807) is 6.07 Å². The number of hydrogen-bond donors (Lipinski definition) is 2. The quantitative estimate of drug-likeness (QED) is 0.804. The number of hydrogen-bond acceptors (Lipinski definition) is 3. The molecule has 1 aromatic carbocycles. The van der Waals surface area contributed by atoms with Crippen LogP contribution in [0.5, 0.6) is 0 Å². The lowest BCUT2D eigenvalue weighted by atomic mass is 9.83. The highest BCUT2D eigenvalue weighted by molar-refractivity contribution is 5.68. The number of nitrogens with one attached hydrogen (secondary N) is 1. The predicted octanol–water partition coefficient (Wildman–Crippen LogP) is 3.91. The number of anilines is 2. The highest BCUT2D eigenvalue weighted by atomic mass is 14.9. The Kier molecular flexibility index (Phi) is 4.68. The third kappa shape index (κ3) is 3.41. The van der Waals surface area contributed by atoms with Crippen molar-refractivity contribution < 1.29 is 0 Å². The third-order valence-corrected chi connectivity index (χ3v) is 4.18. The van der Waals surface area contributed by atoms with Gasteiger partial charge in [-0.15, -0.1) is 0 Å². The molecule has 1 unspecified atom stereocenters. The van der Waals surface area contributed by atoms with Gasteiger partial charge in [-0.1, -0.05) is 26.2 Å². The zero-order valence-corrected chi connectivity index (χ0v) is 11.7. The zero-order valence-electron chi connectivity index (χ0n) is 11.7. The fraction of sp³-hybridized carbons (Fsp3) is 0.562. The molecule has 0 amide bonds. The molecule has 3 heteroatoms. The normalized spacial score (nSPS) is 17.7. The molecule has 0 bridgehead atoms. The Morgan fingerprint density at radius 3 is 2.68 bits per heavy atom. The summed E-state index contributed by atoms with van der Waals surface area (Å²) in [5.41, 5.74) is 8.28. The van der Waals surface area contributed by atoms with Gasteiger partial charge in [0.1, 0.15) is 0 Å². The maximum atomic E-state index is 8.86. The van der Waals surface area contributed by atoms with Gasteiger partial charge in [-0.05, 0) is 43.4 Å². The molecule has 19 heavy (non-hydrogen) atoms.